The number of carbonyl (C=O) groups is 1. The van der Waals surface area contributed by atoms with E-state index in [1.165, 1.54) is 24.5 Å². The van der Waals surface area contributed by atoms with Gasteiger partial charge in [0.05, 0.1) is 5.56 Å². The van der Waals surface area contributed by atoms with Crippen LogP contribution in [0.2, 0.25) is 0 Å². The van der Waals surface area contributed by atoms with Crippen molar-refractivity contribution in [3.8, 4) is 0 Å². The highest BCUT2D eigenvalue weighted by Gasteiger charge is 2.37. The number of halogens is 4. The average Bonchev–Trinajstić information content (AvgIpc) is 2.78. The molecule has 0 amide bonds. The molecule has 0 bridgehead atoms. The lowest BCUT2D eigenvalue weighted by Gasteiger charge is -2.35. The van der Waals surface area contributed by atoms with Crippen LogP contribution in [0.25, 0.3) is 0 Å². The molecule has 1 atom stereocenters. The number of nitrogens with zero attached hydrogens (tertiary/aromatic N) is 3. The first-order valence-corrected chi connectivity index (χ1v) is 10.4. The molecule has 1 unspecified atom stereocenters. The molecule has 1 N–H and O–H groups in total. The van der Waals surface area contributed by atoms with Gasteiger partial charge < -0.3 is 10.2 Å². The number of carbonyl (C=O) groups excluding carboxylic acids is 1. The van der Waals surface area contributed by atoms with Crippen LogP contribution >= 0.6 is 15.9 Å². The van der Waals surface area contributed by atoms with E-state index in [0.717, 1.165) is 11.6 Å². The van der Waals surface area contributed by atoms with E-state index in [1.54, 1.807) is 0 Å². The molecule has 1 aliphatic rings. The van der Waals surface area contributed by atoms with Crippen molar-refractivity contribution in [1.29, 1.82) is 0 Å². The van der Waals surface area contributed by atoms with Crippen LogP contribution in [0.1, 0.15) is 33.2 Å². The summed E-state index contributed by atoms with van der Waals surface area (Å²) < 4.78 is 41.4. The van der Waals surface area contributed by atoms with Crippen LogP contribution in [0.5, 0.6) is 0 Å². The Bertz CT molecular complexity index is 1090. The van der Waals surface area contributed by atoms with Crippen molar-refractivity contribution in [3.63, 3.8) is 0 Å². The molecule has 0 spiro atoms. The predicted molar refractivity (Wildman–Crippen MR) is 114 cm³/mol. The number of hydrogen-bond acceptors (Lipinski definition) is 5. The van der Waals surface area contributed by atoms with Gasteiger partial charge in [0.2, 0.25) is 5.78 Å². The number of hydrogen-bond donors (Lipinski definition) is 1. The number of anilines is 1. The molecule has 2 aromatic heterocycles. The molecule has 1 saturated heterocycles. The van der Waals surface area contributed by atoms with Crippen LogP contribution in [0.4, 0.5) is 19.0 Å². The molecule has 160 valence electrons. The Morgan fingerprint density at radius 1 is 1.13 bits per heavy atom. The summed E-state index contributed by atoms with van der Waals surface area (Å²) in [6.45, 7) is 1.73. The minimum atomic E-state index is -4.70. The summed E-state index contributed by atoms with van der Waals surface area (Å²) in [6.07, 6.45) is -2.01. The van der Waals surface area contributed by atoms with Gasteiger partial charge in [0, 0.05) is 48.1 Å². The predicted octanol–water partition coefficient (Wildman–Crippen LogP) is 4.64. The Morgan fingerprint density at radius 2 is 1.90 bits per heavy atom. The third-order valence-electron chi connectivity index (χ3n) is 5.07. The third-order valence-corrected chi connectivity index (χ3v) is 5.50. The minimum absolute atomic E-state index is 0.00692. The summed E-state index contributed by atoms with van der Waals surface area (Å²) in [5.41, 5.74) is -0.571. The van der Waals surface area contributed by atoms with E-state index in [0.29, 0.717) is 29.9 Å². The molecular weight excluding hydrogens is 473 g/mol. The van der Waals surface area contributed by atoms with Gasteiger partial charge in [-0.05, 0) is 39.7 Å². The van der Waals surface area contributed by atoms with Crippen molar-refractivity contribution >= 4 is 27.5 Å². The van der Waals surface area contributed by atoms with E-state index in [4.69, 9.17) is 0 Å². The van der Waals surface area contributed by atoms with Gasteiger partial charge in [-0.1, -0.05) is 30.3 Å². The zero-order valence-electron chi connectivity index (χ0n) is 16.2. The molecule has 31 heavy (non-hydrogen) atoms. The summed E-state index contributed by atoms with van der Waals surface area (Å²) >= 11 is 3.19. The summed E-state index contributed by atoms with van der Waals surface area (Å²) in [5.74, 6) is -0.487. The lowest BCUT2D eigenvalue weighted by molar-refractivity contribution is -0.138. The molecular formula is C22H18BrF3N4O. The standard InChI is InChI=1S/C22H18BrF3N4O/c23-16-10-15(11-27-12-16)21(31)20-17(22(24,25)26)6-7-19(29-20)30-9-8-28-18(13-30)14-4-2-1-3-5-14/h1-7,10-12,18,28H,8-9,13H2. The molecule has 5 nitrogen and oxygen atoms in total. The number of rotatable bonds is 4. The van der Waals surface area contributed by atoms with E-state index in [2.05, 4.69) is 31.2 Å². The molecule has 0 saturated carbocycles. The Morgan fingerprint density at radius 3 is 2.61 bits per heavy atom. The van der Waals surface area contributed by atoms with Gasteiger partial charge >= 0.3 is 6.18 Å². The van der Waals surface area contributed by atoms with Gasteiger partial charge in [-0.25, -0.2) is 4.98 Å². The highest BCUT2D eigenvalue weighted by molar-refractivity contribution is 9.10. The van der Waals surface area contributed by atoms with E-state index in [1.807, 2.05) is 35.2 Å². The van der Waals surface area contributed by atoms with Gasteiger partial charge in [-0.15, -0.1) is 0 Å². The molecule has 0 aliphatic carbocycles. The van der Waals surface area contributed by atoms with E-state index < -0.39 is 23.2 Å². The monoisotopic (exact) mass is 490 g/mol. The Hall–Kier alpha value is -2.78. The minimum Gasteiger partial charge on any atom is -0.353 e. The highest BCUT2D eigenvalue weighted by atomic mass is 79.9. The van der Waals surface area contributed by atoms with Crippen molar-refractivity contribution in [3.05, 3.63) is 87.8 Å². The van der Waals surface area contributed by atoms with Gasteiger partial charge in [0.15, 0.2) is 0 Å². The van der Waals surface area contributed by atoms with Crippen LogP contribution in [0, 0.1) is 0 Å². The molecule has 0 radical (unpaired) electrons. The molecule has 1 aromatic carbocycles. The second-order valence-electron chi connectivity index (χ2n) is 7.15. The van der Waals surface area contributed by atoms with Crippen LogP contribution < -0.4 is 10.2 Å². The fourth-order valence-corrected chi connectivity index (χ4v) is 3.93. The van der Waals surface area contributed by atoms with Crippen LogP contribution in [0.3, 0.4) is 0 Å². The maximum atomic E-state index is 13.6. The fraction of sp³-hybridized carbons (Fsp3) is 0.227. The first-order chi connectivity index (χ1) is 14.8. The van der Waals surface area contributed by atoms with Crippen molar-refractivity contribution in [2.24, 2.45) is 0 Å². The van der Waals surface area contributed by atoms with Crippen LogP contribution in [0.15, 0.2) is 65.4 Å². The second-order valence-corrected chi connectivity index (χ2v) is 8.06. The maximum absolute atomic E-state index is 13.6. The zero-order chi connectivity index (χ0) is 22.0. The van der Waals surface area contributed by atoms with E-state index in [-0.39, 0.29) is 11.6 Å². The molecule has 3 aromatic rings. The largest absolute Gasteiger partial charge is 0.418 e. The summed E-state index contributed by atoms with van der Waals surface area (Å²) in [4.78, 5) is 22.9. The van der Waals surface area contributed by atoms with Crippen molar-refractivity contribution in [2.45, 2.75) is 12.2 Å². The number of nitrogens with one attached hydrogen (secondary N) is 1. The molecule has 4 rings (SSSR count). The SMILES string of the molecule is O=C(c1cncc(Br)c1)c1nc(N2CCNC(c3ccccc3)C2)ccc1C(F)(F)F. The normalized spacial score (nSPS) is 16.9. The fourth-order valence-electron chi connectivity index (χ4n) is 3.57. The first-order valence-electron chi connectivity index (χ1n) is 9.59. The number of aromatic nitrogens is 2. The lowest BCUT2D eigenvalue weighted by atomic mass is 10.0. The van der Waals surface area contributed by atoms with Gasteiger partial charge in [-0.2, -0.15) is 13.2 Å². The molecule has 9 heteroatoms. The molecule has 1 fully saturated rings. The van der Waals surface area contributed by atoms with Crippen LogP contribution in [-0.4, -0.2) is 35.4 Å². The number of benzene rings is 1. The van der Waals surface area contributed by atoms with E-state index in [9.17, 15) is 18.0 Å². The number of piperazine rings is 1. The second kappa shape index (κ2) is 8.76. The number of ketones is 1. The molecule has 3 heterocycles. The van der Waals surface area contributed by atoms with Gasteiger partial charge in [-0.3, -0.25) is 9.78 Å². The van der Waals surface area contributed by atoms with Crippen molar-refractivity contribution in [2.75, 3.05) is 24.5 Å². The lowest BCUT2D eigenvalue weighted by Crippen LogP contribution is -2.46. The van der Waals surface area contributed by atoms with E-state index >= 15 is 0 Å². The summed E-state index contributed by atoms with van der Waals surface area (Å²) in [5, 5.41) is 3.41. The quantitative estimate of drug-likeness (QED) is 0.540. The zero-order valence-corrected chi connectivity index (χ0v) is 17.8. The van der Waals surface area contributed by atoms with Gasteiger partial charge in [0.25, 0.3) is 0 Å². The smallest absolute Gasteiger partial charge is 0.353 e. The summed E-state index contributed by atoms with van der Waals surface area (Å²) in [7, 11) is 0. The summed E-state index contributed by atoms with van der Waals surface area (Å²) in [6, 6.07) is 13.5. The topological polar surface area (TPSA) is 58.1 Å². The van der Waals surface area contributed by atoms with Crippen molar-refractivity contribution in [1.82, 2.24) is 15.3 Å². The third kappa shape index (κ3) is 4.77. The Balaban J connectivity index is 1.69. The maximum Gasteiger partial charge on any atom is 0.418 e. The van der Waals surface area contributed by atoms with Gasteiger partial charge in [0.1, 0.15) is 11.5 Å². The van der Waals surface area contributed by atoms with Crippen molar-refractivity contribution < 1.29 is 18.0 Å². The Labute approximate surface area is 185 Å². The highest BCUT2D eigenvalue weighted by Crippen LogP contribution is 2.34. The first kappa shape index (κ1) is 21.5. The number of pyridine rings is 2. The number of alkyl halides is 3. The molecule has 1 aliphatic heterocycles. The Kier molecular flexibility index (Phi) is 6.06. The van der Waals surface area contributed by atoms with Crippen LogP contribution in [-0.2, 0) is 6.18 Å². The average molecular weight is 491 g/mol.